The van der Waals surface area contributed by atoms with Gasteiger partial charge in [0, 0.05) is 27.0 Å². The van der Waals surface area contributed by atoms with Crippen molar-refractivity contribution in [3.8, 4) is 0 Å². The fourth-order valence-corrected chi connectivity index (χ4v) is 2.47. The first-order chi connectivity index (χ1) is 8.19. The maximum Gasteiger partial charge on any atom is 0.223 e. The van der Waals surface area contributed by atoms with E-state index in [9.17, 15) is 0 Å². The molecule has 0 fully saturated rings. The first-order valence-electron chi connectivity index (χ1n) is 5.37. The third-order valence-electron chi connectivity index (χ3n) is 2.26. The van der Waals surface area contributed by atoms with Crippen LogP contribution in [0.1, 0.15) is 29.8 Å². The second-order valence-electron chi connectivity index (χ2n) is 3.61. The Balaban J connectivity index is 2.05. The smallest absolute Gasteiger partial charge is 0.223 e. The van der Waals surface area contributed by atoms with Crippen LogP contribution in [0.2, 0.25) is 0 Å². The van der Waals surface area contributed by atoms with Crippen molar-refractivity contribution in [2.45, 2.75) is 26.3 Å². The van der Waals surface area contributed by atoms with E-state index in [-0.39, 0.29) is 6.04 Å². The highest BCUT2D eigenvalue weighted by Crippen LogP contribution is 2.22. The SMILES string of the molecule is CCc1cnc(C(C)Nc2ncc(I)cn2)s1. The molecule has 0 aliphatic rings. The molecule has 1 atom stereocenters. The van der Waals surface area contributed by atoms with E-state index in [1.165, 1.54) is 4.88 Å². The Labute approximate surface area is 118 Å². The fourth-order valence-electron chi connectivity index (χ4n) is 1.33. The van der Waals surface area contributed by atoms with Gasteiger partial charge >= 0.3 is 0 Å². The summed E-state index contributed by atoms with van der Waals surface area (Å²) in [6, 6.07) is 0.139. The van der Waals surface area contributed by atoms with Crippen LogP contribution in [0.5, 0.6) is 0 Å². The van der Waals surface area contributed by atoms with Crippen molar-refractivity contribution in [2.75, 3.05) is 5.32 Å². The van der Waals surface area contributed by atoms with Gasteiger partial charge in [-0.1, -0.05) is 6.92 Å². The van der Waals surface area contributed by atoms with Crippen LogP contribution in [0.4, 0.5) is 5.95 Å². The lowest BCUT2D eigenvalue weighted by molar-refractivity contribution is 0.847. The zero-order chi connectivity index (χ0) is 12.3. The summed E-state index contributed by atoms with van der Waals surface area (Å²) in [5.74, 6) is 0.645. The molecule has 1 N–H and O–H groups in total. The minimum Gasteiger partial charge on any atom is -0.345 e. The standard InChI is InChI=1S/C11H13IN4S/c1-3-9-6-13-10(17-9)7(2)16-11-14-4-8(12)5-15-11/h4-7H,3H2,1-2H3,(H,14,15,16). The molecule has 0 saturated heterocycles. The first kappa shape index (κ1) is 12.7. The maximum atomic E-state index is 4.40. The van der Waals surface area contributed by atoms with Crippen LogP contribution in [0, 0.1) is 3.57 Å². The van der Waals surface area contributed by atoms with E-state index >= 15 is 0 Å². The Morgan fingerprint density at radius 2 is 2.00 bits per heavy atom. The van der Waals surface area contributed by atoms with E-state index in [2.05, 4.69) is 56.7 Å². The van der Waals surface area contributed by atoms with Gasteiger partial charge in [0.05, 0.1) is 6.04 Å². The molecule has 0 aliphatic heterocycles. The number of aromatic nitrogens is 3. The number of thiazole rings is 1. The highest BCUT2D eigenvalue weighted by Gasteiger charge is 2.10. The van der Waals surface area contributed by atoms with Crippen molar-refractivity contribution in [2.24, 2.45) is 0 Å². The first-order valence-corrected chi connectivity index (χ1v) is 7.27. The van der Waals surface area contributed by atoms with Crippen molar-refractivity contribution in [3.63, 3.8) is 0 Å². The third-order valence-corrected chi connectivity index (χ3v) is 4.14. The Hall–Kier alpha value is -0.760. The second kappa shape index (κ2) is 5.72. The van der Waals surface area contributed by atoms with Gasteiger partial charge in [-0.25, -0.2) is 15.0 Å². The lowest BCUT2D eigenvalue weighted by Crippen LogP contribution is -2.08. The number of aryl methyl sites for hydroxylation is 1. The monoisotopic (exact) mass is 360 g/mol. The summed E-state index contributed by atoms with van der Waals surface area (Å²) in [5, 5.41) is 4.32. The lowest BCUT2D eigenvalue weighted by atomic mass is 10.3. The van der Waals surface area contributed by atoms with Gasteiger partial charge in [-0.05, 0) is 35.9 Å². The molecular weight excluding hydrogens is 347 g/mol. The topological polar surface area (TPSA) is 50.7 Å². The summed E-state index contributed by atoms with van der Waals surface area (Å²) in [5.41, 5.74) is 0. The molecule has 1 unspecified atom stereocenters. The number of halogens is 1. The van der Waals surface area contributed by atoms with E-state index in [0.717, 1.165) is 15.0 Å². The molecular formula is C11H13IN4S. The van der Waals surface area contributed by atoms with Crippen LogP contribution < -0.4 is 5.32 Å². The Morgan fingerprint density at radius 1 is 1.29 bits per heavy atom. The summed E-state index contributed by atoms with van der Waals surface area (Å²) in [6.45, 7) is 4.21. The molecule has 2 rings (SSSR count). The Bertz CT molecular complexity index is 482. The maximum absolute atomic E-state index is 4.40. The molecule has 0 amide bonds. The average molecular weight is 360 g/mol. The van der Waals surface area contributed by atoms with Gasteiger partial charge in [0.2, 0.25) is 5.95 Å². The van der Waals surface area contributed by atoms with Gasteiger partial charge in [0.25, 0.3) is 0 Å². The predicted octanol–water partition coefficient (Wildman–Crippen LogP) is 3.27. The molecule has 2 aromatic rings. The molecule has 0 spiro atoms. The minimum absolute atomic E-state index is 0.139. The van der Waals surface area contributed by atoms with Crippen molar-refractivity contribution in [3.05, 3.63) is 32.0 Å². The normalized spacial score (nSPS) is 12.4. The van der Waals surface area contributed by atoms with Crippen molar-refractivity contribution in [1.82, 2.24) is 15.0 Å². The molecule has 4 nitrogen and oxygen atoms in total. The Morgan fingerprint density at radius 3 is 2.59 bits per heavy atom. The van der Waals surface area contributed by atoms with Crippen LogP contribution in [0.3, 0.4) is 0 Å². The van der Waals surface area contributed by atoms with E-state index < -0.39 is 0 Å². The van der Waals surface area contributed by atoms with Crippen molar-refractivity contribution < 1.29 is 0 Å². The highest BCUT2D eigenvalue weighted by molar-refractivity contribution is 14.1. The van der Waals surface area contributed by atoms with E-state index in [1.807, 2.05) is 6.20 Å². The molecule has 0 aliphatic carbocycles. The number of nitrogens with zero attached hydrogens (tertiary/aromatic N) is 3. The fraction of sp³-hybridized carbons (Fsp3) is 0.364. The zero-order valence-electron chi connectivity index (χ0n) is 9.64. The number of nitrogens with one attached hydrogen (secondary N) is 1. The van der Waals surface area contributed by atoms with Gasteiger partial charge in [0.1, 0.15) is 5.01 Å². The molecule has 6 heteroatoms. The third kappa shape index (κ3) is 3.35. The molecule has 0 aromatic carbocycles. The molecule has 90 valence electrons. The minimum atomic E-state index is 0.139. The largest absolute Gasteiger partial charge is 0.345 e. The van der Waals surface area contributed by atoms with Crippen molar-refractivity contribution >= 4 is 39.9 Å². The van der Waals surface area contributed by atoms with Gasteiger partial charge in [-0.2, -0.15) is 0 Å². The van der Waals surface area contributed by atoms with Crippen LogP contribution in [0.15, 0.2) is 18.6 Å². The van der Waals surface area contributed by atoms with Crippen LogP contribution in [0.25, 0.3) is 0 Å². The van der Waals surface area contributed by atoms with Gasteiger partial charge in [0.15, 0.2) is 0 Å². The number of anilines is 1. The summed E-state index contributed by atoms with van der Waals surface area (Å²) in [6.07, 6.45) is 6.56. The van der Waals surface area contributed by atoms with E-state index in [0.29, 0.717) is 5.95 Å². The zero-order valence-corrected chi connectivity index (χ0v) is 12.6. The van der Waals surface area contributed by atoms with Crippen LogP contribution in [-0.2, 0) is 6.42 Å². The molecule has 2 heterocycles. The van der Waals surface area contributed by atoms with E-state index in [1.54, 1.807) is 23.7 Å². The summed E-state index contributed by atoms with van der Waals surface area (Å²) in [7, 11) is 0. The molecule has 17 heavy (non-hydrogen) atoms. The number of rotatable bonds is 4. The number of hydrogen-bond acceptors (Lipinski definition) is 5. The molecule has 0 saturated carbocycles. The Kier molecular flexibility index (Phi) is 4.27. The van der Waals surface area contributed by atoms with E-state index in [4.69, 9.17) is 0 Å². The quantitative estimate of drug-likeness (QED) is 0.851. The van der Waals surface area contributed by atoms with Gasteiger partial charge in [-0.3, -0.25) is 0 Å². The molecule has 2 aromatic heterocycles. The average Bonchev–Trinajstić information content (AvgIpc) is 2.81. The van der Waals surface area contributed by atoms with Gasteiger partial charge < -0.3 is 5.32 Å². The highest BCUT2D eigenvalue weighted by atomic mass is 127. The van der Waals surface area contributed by atoms with Crippen LogP contribution in [-0.4, -0.2) is 15.0 Å². The van der Waals surface area contributed by atoms with Crippen LogP contribution >= 0.6 is 33.9 Å². The summed E-state index contributed by atoms with van der Waals surface area (Å²) < 4.78 is 1.03. The van der Waals surface area contributed by atoms with Gasteiger partial charge in [-0.15, -0.1) is 11.3 Å². The summed E-state index contributed by atoms with van der Waals surface area (Å²) in [4.78, 5) is 14.1. The van der Waals surface area contributed by atoms with Crippen molar-refractivity contribution in [1.29, 1.82) is 0 Å². The number of hydrogen-bond donors (Lipinski definition) is 1. The second-order valence-corrected chi connectivity index (χ2v) is 6.00. The predicted molar refractivity (Wildman–Crippen MR) is 78.3 cm³/mol. The molecule has 0 radical (unpaired) electrons. The summed E-state index contributed by atoms with van der Waals surface area (Å²) >= 11 is 3.92. The molecule has 0 bridgehead atoms. The lowest BCUT2D eigenvalue weighted by Gasteiger charge is -2.10.